The molecule has 2 nitrogen and oxygen atoms in total. The molecule has 0 aliphatic carbocycles. The fourth-order valence-electron chi connectivity index (χ4n) is 8.85. The monoisotopic (exact) mass is 751 g/mol. The molecule has 1 aliphatic rings. The Morgan fingerprint density at radius 1 is 0.345 bits per heavy atom. The number of benzene rings is 2. The van der Waals surface area contributed by atoms with E-state index in [4.69, 9.17) is 0 Å². The summed E-state index contributed by atoms with van der Waals surface area (Å²) in [7, 11) is 0. The second-order valence-electron chi connectivity index (χ2n) is 17.4. The Morgan fingerprint density at radius 2 is 0.618 bits per heavy atom. The van der Waals surface area contributed by atoms with E-state index in [0.29, 0.717) is 0 Å². The first kappa shape index (κ1) is 46.9. The lowest BCUT2D eigenvalue weighted by atomic mass is 9.92. The summed E-state index contributed by atoms with van der Waals surface area (Å²) in [5.74, 6) is 0. The van der Waals surface area contributed by atoms with Gasteiger partial charge in [0.25, 0.3) is 0 Å². The molecule has 1 heterocycles. The van der Waals surface area contributed by atoms with Gasteiger partial charge >= 0.3 is 0 Å². The molecular weight excluding hydrogens is 665 g/mol. The van der Waals surface area contributed by atoms with Gasteiger partial charge in [-0.15, -0.1) is 0 Å². The zero-order valence-corrected chi connectivity index (χ0v) is 37.3. The second-order valence-corrected chi connectivity index (χ2v) is 17.4. The molecule has 55 heavy (non-hydrogen) atoms. The van der Waals surface area contributed by atoms with Gasteiger partial charge in [0.1, 0.15) is 0 Å². The Morgan fingerprint density at radius 3 is 0.964 bits per heavy atom. The molecule has 2 aromatic carbocycles. The van der Waals surface area contributed by atoms with E-state index in [1.54, 1.807) is 4.70 Å². The van der Waals surface area contributed by atoms with Crippen LogP contribution >= 0.6 is 0 Å². The number of aryl methyl sites for hydroxylation is 4. The maximum absolute atomic E-state index is 12.5. The average Bonchev–Trinajstić information content (AvgIpc) is 3.44. The quantitative estimate of drug-likeness (QED) is 0.0513. The standard InChI is InChI=1S/C53H86N2/c1-7-12-17-22-25-30-35-46-38-45(33-28-20-15-10-4)40-49(41-46)52-44(6)51(37-32-27-24-19-14-9-3)53(55(52)54)50-42-47(34-29-21-16-11-5)39-48(43-50)36-31-26-23-18-13-8-2/h38-43H,7-37H2,1-6H3. The molecule has 0 atom stereocenters. The van der Waals surface area contributed by atoms with Crippen LogP contribution in [-0.2, 0) is 25.7 Å². The number of hydrogen-bond donors (Lipinski definition) is 0. The van der Waals surface area contributed by atoms with Crippen LogP contribution in [0.3, 0.4) is 0 Å². The molecule has 1 aliphatic heterocycles. The smallest absolute Gasteiger partial charge is 0.211 e. The lowest BCUT2D eigenvalue weighted by molar-refractivity contribution is -0.345. The zero-order chi connectivity index (χ0) is 39.5. The van der Waals surface area contributed by atoms with Gasteiger partial charge in [0.15, 0.2) is 0 Å². The van der Waals surface area contributed by atoms with Crippen LogP contribution < -0.4 is 0 Å². The lowest BCUT2D eigenvalue weighted by Gasteiger charge is -2.15. The summed E-state index contributed by atoms with van der Waals surface area (Å²) in [6.07, 6.45) is 39.4. The van der Waals surface area contributed by atoms with Gasteiger partial charge in [0, 0.05) is 22.3 Å². The first-order valence-electron chi connectivity index (χ1n) is 24.2. The average molecular weight is 751 g/mol. The largest absolute Gasteiger partial charge is 0.493 e. The fourth-order valence-corrected chi connectivity index (χ4v) is 8.85. The van der Waals surface area contributed by atoms with Crippen LogP contribution in [0.5, 0.6) is 0 Å². The topological polar surface area (TPSA) is 25.3 Å². The van der Waals surface area contributed by atoms with Crippen LogP contribution in [-0.4, -0.2) is 4.70 Å². The minimum absolute atomic E-state index is 1.03. The van der Waals surface area contributed by atoms with Crippen molar-refractivity contribution in [2.45, 2.75) is 241 Å². The van der Waals surface area contributed by atoms with Crippen molar-refractivity contribution < 1.29 is 4.70 Å². The Hall–Kier alpha value is -2.48. The zero-order valence-electron chi connectivity index (χ0n) is 37.3. The van der Waals surface area contributed by atoms with Crippen LogP contribution in [0, 0.1) is 0 Å². The molecule has 0 bridgehead atoms. The van der Waals surface area contributed by atoms with Crippen molar-refractivity contribution in [3.05, 3.63) is 86.5 Å². The summed E-state index contributed by atoms with van der Waals surface area (Å²) in [5.41, 5.74) is 25.5. The summed E-state index contributed by atoms with van der Waals surface area (Å²) in [5, 5.41) is 0. The summed E-state index contributed by atoms with van der Waals surface area (Å²) >= 11 is 0. The molecule has 0 aromatic heterocycles. The highest BCUT2D eigenvalue weighted by atomic mass is 15.2. The van der Waals surface area contributed by atoms with Gasteiger partial charge in [-0.05, 0) is 118 Å². The minimum Gasteiger partial charge on any atom is -0.493 e. The second kappa shape index (κ2) is 28.8. The van der Waals surface area contributed by atoms with E-state index in [0.717, 1.165) is 43.5 Å². The van der Waals surface area contributed by atoms with Crippen molar-refractivity contribution >= 4 is 11.4 Å². The van der Waals surface area contributed by atoms with Crippen molar-refractivity contribution in [3.63, 3.8) is 0 Å². The first-order chi connectivity index (χ1) is 27.0. The van der Waals surface area contributed by atoms with Gasteiger partial charge in [-0.3, -0.25) is 0 Å². The first-order valence-corrected chi connectivity index (χ1v) is 24.2. The predicted molar refractivity (Wildman–Crippen MR) is 244 cm³/mol. The van der Waals surface area contributed by atoms with E-state index in [2.05, 4.69) is 77.9 Å². The van der Waals surface area contributed by atoms with E-state index in [-0.39, 0.29) is 0 Å². The Bertz CT molecular complexity index is 1420. The molecule has 308 valence electrons. The van der Waals surface area contributed by atoms with E-state index in [9.17, 15) is 5.53 Å². The van der Waals surface area contributed by atoms with E-state index < -0.39 is 0 Å². The molecule has 3 rings (SSSR count). The summed E-state index contributed by atoms with van der Waals surface area (Å²) in [4.78, 5) is 0. The Kier molecular flexibility index (Phi) is 24.6. The fraction of sp³-hybridized carbons (Fsp3) is 0.698. The number of nitrogens with zero attached hydrogens (tertiary/aromatic N) is 2. The van der Waals surface area contributed by atoms with Gasteiger partial charge < -0.3 is 5.53 Å². The third-order valence-electron chi connectivity index (χ3n) is 12.2. The normalized spacial score (nSPS) is 13.2. The molecule has 0 unspecified atom stereocenters. The van der Waals surface area contributed by atoms with Gasteiger partial charge in [-0.25, -0.2) is 4.70 Å². The van der Waals surface area contributed by atoms with Gasteiger partial charge in [-0.2, -0.15) is 0 Å². The van der Waals surface area contributed by atoms with Gasteiger partial charge in [0.05, 0.1) is 0 Å². The van der Waals surface area contributed by atoms with Gasteiger partial charge in [0.2, 0.25) is 11.4 Å². The number of hydrogen-bond acceptors (Lipinski definition) is 0. The lowest BCUT2D eigenvalue weighted by Crippen LogP contribution is -2.05. The SMILES string of the molecule is CCCCCCCCC1=C(c2cc(CCCCCC)cc(CCCCCCCC)c2)[N+](=[N-])C(c2cc(CCCCCC)cc(CCCCCCCC)c2)=C1C. The molecule has 2 aromatic rings. The van der Waals surface area contributed by atoms with Crippen molar-refractivity contribution in [3.8, 4) is 0 Å². The molecule has 0 amide bonds. The molecule has 0 radical (unpaired) electrons. The molecule has 0 N–H and O–H groups in total. The third-order valence-corrected chi connectivity index (χ3v) is 12.2. The summed E-state index contributed by atoms with van der Waals surface area (Å²) in [6, 6.07) is 14.8. The summed E-state index contributed by atoms with van der Waals surface area (Å²) in [6.45, 7) is 13.8. The highest BCUT2D eigenvalue weighted by molar-refractivity contribution is 5.82. The maximum atomic E-state index is 12.5. The molecule has 0 saturated carbocycles. The van der Waals surface area contributed by atoms with Crippen molar-refractivity contribution in [1.82, 2.24) is 0 Å². The van der Waals surface area contributed by atoms with Crippen molar-refractivity contribution in [2.75, 3.05) is 0 Å². The van der Waals surface area contributed by atoms with E-state index >= 15 is 0 Å². The van der Waals surface area contributed by atoms with E-state index in [1.807, 2.05) is 0 Å². The summed E-state index contributed by atoms with van der Waals surface area (Å²) < 4.78 is 1.65. The molecule has 0 fully saturated rings. The predicted octanol–water partition coefficient (Wildman–Crippen LogP) is 17.7. The van der Waals surface area contributed by atoms with Crippen molar-refractivity contribution in [1.29, 1.82) is 0 Å². The number of unbranched alkanes of at least 4 members (excludes halogenated alkanes) is 21. The van der Waals surface area contributed by atoms with Gasteiger partial charge in [-0.1, -0.05) is 182 Å². The highest BCUT2D eigenvalue weighted by Gasteiger charge is 2.34. The Balaban J connectivity index is 2.01. The molecule has 0 saturated heterocycles. The van der Waals surface area contributed by atoms with Crippen LogP contribution in [0.25, 0.3) is 16.9 Å². The van der Waals surface area contributed by atoms with Crippen LogP contribution in [0.2, 0.25) is 0 Å². The molecule has 0 spiro atoms. The van der Waals surface area contributed by atoms with Crippen LogP contribution in [0.15, 0.2) is 47.5 Å². The third kappa shape index (κ3) is 17.3. The molecular formula is C53H86N2. The molecule has 2 heteroatoms. The minimum atomic E-state index is 1.03. The van der Waals surface area contributed by atoms with E-state index in [1.165, 1.54) is 211 Å². The number of allylic oxidation sites excluding steroid dienone is 2. The Labute approximate surface area is 342 Å². The van der Waals surface area contributed by atoms with Crippen LogP contribution in [0.1, 0.15) is 248 Å². The van der Waals surface area contributed by atoms with Crippen LogP contribution in [0.4, 0.5) is 0 Å². The number of rotatable bonds is 33. The highest BCUT2D eigenvalue weighted by Crippen LogP contribution is 2.43. The van der Waals surface area contributed by atoms with Crippen molar-refractivity contribution in [2.24, 2.45) is 0 Å². The maximum Gasteiger partial charge on any atom is 0.211 e.